The first-order valence-electron chi connectivity index (χ1n) is 3.67. The normalized spacial score (nSPS) is 12.1. The molecule has 0 rings (SSSR count). The van der Waals surface area contributed by atoms with E-state index in [-0.39, 0.29) is 0 Å². The number of allylic oxidation sites excluding steroid dienone is 1. The first-order chi connectivity index (χ1) is 4.31. The Bertz CT molecular complexity index is 84.6. The summed E-state index contributed by atoms with van der Waals surface area (Å²) in [5.74, 6) is 0. The van der Waals surface area contributed by atoms with Crippen molar-refractivity contribution in [1.29, 1.82) is 0 Å². The Hall–Kier alpha value is -0.300. The van der Waals surface area contributed by atoms with Crippen molar-refractivity contribution in [2.24, 2.45) is 5.73 Å². The number of nitrogens with two attached hydrogens (primary N) is 1. The van der Waals surface area contributed by atoms with Gasteiger partial charge < -0.3 is 5.73 Å². The monoisotopic (exact) mass is 127 g/mol. The Kier molecular flexibility index (Phi) is 5.64. The van der Waals surface area contributed by atoms with E-state index >= 15 is 0 Å². The van der Waals surface area contributed by atoms with Crippen molar-refractivity contribution in [2.75, 3.05) is 6.54 Å². The van der Waals surface area contributed by atoms with E-state index in [9.17, 15) is 0 Å². The lowest BCUT2D eigenvalue weighted by Crippen LogP contribution is -1.98. The number of hydrogen-bond acceptors (Lipinski definition) is 1. The third-order valence-electron chi connectivity index (χ3n) is 1.32. The van der Waals surface area contributed by atoms with Crippen LogP contribution in [0.1, 0.15) is 33.1 Å². The van der Waals surface area contributed by atoms with E-state index in [4.69, 9.17) is 5.73 Å². The van der Waals surface area contributed by atoms with Gasteiger partial charge in [-0.3, -0.25) is 0 Å². The van der Waals surface area contributed by atoms with Crippen LogP contribution in [0, 0.1) is 0 Å². The molecule has 0 amide bonds. The largest absolute Gasteiger partial charge is 0.330 e. The van der Waals surface area contributed by atoms with Crippen LogP contribution < -0.4 is 5.73 Å². The van der Waals surface area contributed by atoms with Crippen molar-refractivity contribution in [3.05, 3.63) is 11.6 Å². The highest BCUT2D eigenvalue weighted by Gasteiger charge is 1.84. The molecule has 0 bridgehead atoms. The van der Waals surface area contributed by atoms with Crippen LogP contribution in [0.4, 0.5) is 0 Å². The molecule has 0 saturated carbocycles. The Labute approximate surface area is 57.9 Å². The average Bonchev–Trinajstić information content (AvgIpc) is 1.85. The summed E-state index contributed by atoms with van der Waals surface area (Å²) in [6.45, 7) is 5.11. The summed E-state index contributed by atoms with van der Waals surface area (Å²) in [6.07, 6.45) is 5.76. The zero-order valence-corrected chi connectivity index (χ0v) is 6.48. The Morgan fingerprint density at radius 2 is 2.22 bits per heavy atom. The first kappa shape index (κ1) is 8.70. The molecule has 0 heterocycles. The van der Waals surface area contributed by atoms with Gasteiger partial charge >= 0.3 is 0 Å². The van der Waals surface area contributed by atoms with Crippen LogP contribution in [0.15, 0.2) is 11.6 Å². The van der Waals surface area contributed by atoms with Gasteiger partial charge in [0.25, 0.3) is 0 Å². The van der Waals surface area contributed by atoms with E-state index < -0.39 is 0 Å². The lowest BCUT2D eigenvalue weighted by atomic mass is 10.1. The van der Waals surface area contributed by atoms with Crippen LogP contribution >= 0.6 is 0 Å². The third kappa shape index (κ3) is 5.57. The average molecular weight is 127 g/mol. The van der Waals surface area contributed by atoms with E-state index in [1.165, 1.54) is 18.4 Å². The van der Waals surface area contributed by atoms with Crippen molar-refractivity contribution < 1.29 is 0 Å². The SMILES string of the molecule is CCC/C=C(\C)CCN. The first-order valence-corrected chi connectivity index (χ1v) is 3.67. The molecular weight excluding hydrogens is 110 g/mol. The van der Waals surface area contributed by atoms with E-state index in [1.807, 2.05) is 0 Å². The molecule has 0 aromatic rings. The molecule has 0 aliphatic carbocycles. The fraction of sp³-hybridized carbons (Fsp3) is 0.750. The lowest BCUT2D eigenvalue weighted by molar-refractivity contribution is 0.903. The van der Waals surface area contributed by atoms with Crippen molar-refractivity contribution >= 4 is 0 Å². The maximum absolute atomic E-state index is 5.36. The highest BCUT2D eigenvalue weighted by atomic mass is 14.5. The van der Waals surface area contributed by atoms with Crippen LogP contribution in [-0.2, 0) is 0 Å². The number of rotatable bonds is 4. The minimum Gasteiger partial charge on any atom is -0.330 e. The van der Waals surface area contributed by atoms with Gasteiger partial charge in [0.1, 0.15) is 0 Å². The van der Waals surface area contributed by atoms with Gasteiger partial charge in [0.2, 0.25) is 0 Å². The molecular formula is C8H17N. The van der Waals surface area contributed by atoms with Gasteiger partial charge in [-0.25, -0.2) is 0 Å². The molecule has 1 heteroatoms. The molecule has 1 nitrogen and oxygen atoms in total. The van der Waals surface area contributed by atoms with Gasteiger partial charge in [0, 0.05) is 0 Å². The van der Waals surface area contributed by atoms with Crippen molar-refractivity contribution in [3.8, 4) is 0 Å². The summed E-state index contributed by atoms with van der Waals surface area (Å²) in [6, 6.07) is 0. The third-order valence-corrected chi connectivity index (χ3v) is 1.32. The molecule has 0 atom stereocenters. The smallest absolute Gasteiger partial charge is 0.00401 e. The fourth-order valence-corrected chi connectivity index (χ4v) is 0.720. The highest BCUT2D eigenvalue weighted by Crippen LogP contribution is 2.00. The standard InChI is InChI=1S/C8H17N/c1-3-4-5-8(2)6-7-9/h5H,3-4,6-7,9H2,1-2H3/b8-5+. The molecule has 0 spiro atoms. The quantitative estimate of drug-likeness (QED) is 0.575. The molecule has 9 heavy (non-hydrogen) atoms. The van der Waals surface area contributed by atoms with Crippen LogP contribution in [0.5, 0.6) is 0 Å². The summed E-state index contributed by atoms with van der Waals surface area (Å²) in [7, 11) is 0. The molecule has 0 fully saturated rings. The molecule has 2 N–H and O–H groups in total. The van der Waals surface area contributed by atoms with Crippen LogP contribution in [0.2, 0.25) is 0 Å². The zero-order valence-electron chi connectivity index (χ0n) is 6.48. The molecule has 0 aromatic carbocycles. The fourth-order valence-electron chi connectivity index (χ4n) is 0.720. The zero-order chi connectivity index (χ0) is 7.11. The van der Waals surface area contributed by atoms with E-state index in [0.717, 1.165) is 13.0 Å². The van der Waals surface area contributed by atoms with E-state index in [2.05, 4.69) is 19.9 Å². The summed E-state index contributed by atoms with van der Waals surface area (Å²) in [5, 5.41) is 0. The van der Waals surface area contributed by atoms with E-state index in [1.54, 1.807) is 0 Å². The summed E-state index contributed by atoms with van der Waals surface area (Å²) in [5.41, 5.74) is 6.79. The predicted molar refractivity (Wildman–Crippen MR) is 42.3 cm³/mol. The second kappa shape index (κ2) is 5.83. The Balaban J connectivity index is 3.30. The van der Waals surface area contributed by atoms with Crippen LogP contribution in [0.25, 0.3) is 0 Å². The van der Waals surface area contributed by atoms with Gasteiger partial charge in [-0.05, 0) is 26.3 Å². The highest BCUT2D eigenvalue weighted by molar-refractivity contribution is 4.97. The van der Waals surface area contributed by atoms with Crippen molar-refractivity contribution in [1.82, 2.24) is 0 Å². The van der Waals surface area contributed by atoms with E-state index in [0.29, 0.717) is 0 Å². The Morgan fingerprint density at radius 3 is 2.67 bits per heavy atom. The van der Waals surface area contributed by atoms with Crippen molar-refractivity contribution in [2.45, 2.75) is 33.1 Å². The van der Waals surface area contributed by atoms with Gasteiger partial charge in [-0.15, -0.1) is 0 Å². The minimum absolute atomic E-state index is 0.784. The van der Waals surface area contributed by atoms with Gasteiger partial charge in [-0.2, -0.15) is 0 Å². The molecule has 0 radical (unpaired) electrons. The van der Waals surface area contributed by atoms with Crippen LogP contribution in [0.3, 0.4) is 0 Å². The summed E-state index contributed by atoms with van der Waals surface area (Å²) >= 11 is 0. The molecule has 0 saturated heterocycles. The minimum atomic E-state index is 0.784. The Morgan fingerprint density at radius 1 is 1.56 bits per heavy atom. The number of hydrogen-bond donors (Lipinski definition) is 1. The second-order valence-electron chi connectivity index (χ2n) is 2.38. The molecule has 54 valence electrons. The topological polar surface area (TPSA) is 26.0 Å². The van der Waals surface area contributed by atoms with Gasteiger partial charge in [0.05, 0.1) is 0 Å². The second-order valence-corrected chi connectivity index (χ2v) is 2.38. The summed E-state index contributed by atoms with van der Waals surface area (Å²) < 4.78 is 0. The molecule has 0 aliphatic heterocycles. The predicted octanol–water partition coefficient (Wildman–Crippen LogP) is 2.08. The van der Waals surface area contributed by atoms with Gasteiger partial charge in [-0.1, -0.05) is 25.0 Å². The molecule has 0 aromatic heterocycles. The van der Waals surface area contributed by atoms with Gasteiger partial charge in [0.15, 0.2) is 0 Å². The maximum Gasteiger partial charge on any atom is -0.00401 e. The number of unbranched alkanes of at least 4 members (excludes halogenated alkanes) is 1. The maximum atomic E-state index is 5.36. The molecule has 0 unspecified atom stereocenters. The van der Waals surface area contributed by atoms with Crippen molar-refractivity contribution in [3.63, 3.8) is 0 Å². The van der Waals surface area contributed by atoms with Crippen LogP contribution in [-0.4, -0.2) is 6.54 Å². The molecule has 0 aliphatic rings. The lowest BCUT2D eigenvalue weighted by Gasteiger charge is -1.95. The summed E-state index contributed by atoms with van der Waals surface area (Å²) in [4.78, 5) is 0.